The molecule has 3 rings (SSSR count). The number of ketones is 1. The Kier molecular flexibility index (Phi) is 4.26. The summed E-state index contributed by atoms with van der Waals surface area (Å²) in [6, 6.07) is 1.54. The Hall–Kier alpha value is -2.44. The first-order valence-corrected chi connectivity index (χ1v) is 8.61. The summed E-state index contributed by atoms with van der Waals surface area (Å²) in [5, 5.41) is 0. The highest BCUT2D eigenvalue weighted by molar-refractivity contribution is 6.45. The topological polar surface area (TPSA) is 79.7 Å². The fourth-order valence-electron chi connectivity index (χ4n) is 3.40. The summed E-state index contributed by atoms with van der Waals surface area (Å²) in [7, 11) is 0. The molecule has 7 nitrogen and oxygen atoms in total. The van der Waals surface area contributed by atoms with E-state index in [0.29, 0.717) is 11.6 Å². The van der Waals surface area contributed by atoms with Gasteiger partial charge in [0.25, 0.3) is 0 Å². The van der Waals surface area contributed by atoms with Crippen LogP contribution < -0.4 is 0 Å². The summed E-state index contributed by atoms with van der Waals surface area (Å²) in [6.45, 7) is 7.30. The number of Topliss-reactive ketones (excluding diaryl/α,β-unsaturated/α-hetero) is 1. The molecule has 0 spiro atoms. The average Bonchev–Trinajstić information content (AvgIpc) is 3.29. The normalized spacial score (nSPS) is 18.0. The first-order valence-electron chi connectivity index (χ1n) is 8.61. The molecular formula is C18H23N3O4. The van der Waals surface area contributed by atoms with Crippen LogP contribution in [-0.4, -0.2) is 51.1 Å². The number of carbonyl (C=O) groups is 4. The maximum absolute atomic E-state index is 12.7. The second-order valence-electron chi connectivity index (χ2n) is 7.29. The molecular weight excluding hydrogens is 322 g/mol. The van der Waals surface area contributed by atoms with Crippen LogP contribution in [0.5, 0.6) is 0 Å². The molecule has 25 heavy (non-hydrogen) atoms. The predicted molar refractivity (Wildman–Crippen MR) is 90.2 cm³/mol. The maximum atomic E-state index is 12.7. The van der Waals surface area contributed by atoms with E-state index in [1.165, 1.54) is 0 Å². The highest BCUT2D eigenvalue weighted by Gasteiger charge is 2.45. The minimum absolute atomic E-state index is 0.0498. The number of rotatable bonds is 6. The first kappa shape index (κ1) is 17.4. The van der Waals surface area contributed by atoms with Crippen LogP contribution in [0.3, 0.4) is 0 Å². The lowest BCUT2D eigenvalue weighted by Crippen LogP contribution is -2.38. The Bertz CT molecular complexity index is 774. The fraction of sp³-hybridized carbons (Fsp3) is 0.556. The Morgan fingerprint density at radius 3 is 2.28 bits per heavy atom. The number of hydrogen-bond acceptors (Lipinski definition) is 4. The molecule has 1 aliphatic heterocycles. The molecule has 4 amide bonds. The van der Waals surface area contributed by atoms with Gasteiger partial charge in [-0.1, -0.05) is 13.8 Å². The van der Waals surface area contributed by atoms with Crippen molar-refractivity contribution < 1.29 is 19.2 Å². The minimum atomic E-state index is -0.921. The van der Waals surface area contributed by atoms with Crippen molar-refractivity contribution in [1.82, 2.24) is 14.4 Å². The standard InChI is InChI=1S/C18H23N3O4/c1-10(2)8-19-16(23)17(24)20(18(19)25)9-15(22)14-7-11(3)21(12(14)4)13-5-6-13/h7,10,13H,5-6,8-9H2,1-4H3. The molecule has 0 bridgehead atoms. The van der Waals surface area contributed by atoms with E-state index in [1.54, 1.807) is 6.07 Å². The van der Waals surface area contributed by atoms with Gasteiger partial charge in [0, 0.05) is 29.5 Å². The summed E-state index contributed by atoms with van der Waals surface area (Å²) in [6.07, 6.45) is 2.21. The average molecular weight is 345 g/mol. The molecule has 0 unspecified atom stereocenters. The summed E-state index contributed by atoms with van der Waals surface area (Å²) in [5.74, 6) is -2.04. The second kappa shape index (κ2) is 6.13. The summed E-state index contributed by atoms with van der Waals surface area (Å²) in [4.78, 5) is 50.8. The van der Waals surface area contributed by atoms with Crippen molar-refractivity contribution in [2.75, 3.05) is 13.1 Å². The van der Waals surface area contributed by atoms with E-state index < -0.39 is 24.4 Å². The zero-order chi connectivity index (χ0) is 18.5. The number of urea groups is 1. The van der Waals surface area contributed by atoms with Crippen LogP contribution in [0.2, 0.25) is 0 Å². The van der Waals surface area contributed by atoms with Gasteiger partial charge >= 0.3 is 17.8 Å². The molecule has 0 atom stereocenters. The van der Waals surface area contributed by atoms with E-state index in [2.05, 4.69) is 4.57 Å². The molecule has 1 aliphatic carbocycles. The van der Waals surface area contributed by atoms with Crippen LogP contribution in [0.1, 0.15) is 54.5 Å². The molecule has 0 N–H and O–H groups in total. The van der Waals surface area contributed by atoms with E-state index in [9.17, 15) is 19.2 Å². The van der Waals surface area contributed by atoms with Gasteiger partial charge in [0.05, 0.1) is 6.54 Å². The van der Waals surface area contributed by atoms with Crippen molar-refractivity contribution in [2.45, 2.75) is 46.6 Å². The van der Waals surface area contributed by atoms with Gasteiger partial charge in [-0.15, -0.1) is 0 Å². The Morgan fingerprint density at radius 2 is 1.72 bits per heavy atom. The Labute approximate surface area is 146 Å². The monoisotopic (exact) mass is 345 g/mol. The zero-order valence-corrected chi connectivity index (χ0v) is 15.0. The van der Waals surface area contributed by atoms with Crippen LogP contribution in [0.15, 0.2) is 6.07 Å². The minimum Gasteiger partial charge on any atom is -0.345 e. The third-order valence-corrected chi connectivity index (χ3v) is 4.68. The van der Waals surface area contributed by atoms with Crippen LogP contribution in [-0.2, 0) is 9.59 Å². The molecule has 2 aliphatic rings. The molecule has 1 saturated heterocycles. The molecule has 0 radical (unpaired) electrons. The lowest BCUT2D eigenvalue weighted by atomic mass is 10.1. The van der Waals surface area contributed by atoms with Crippen LogP contribution in [0, 0.1) is 19.8 Å². The number of amides is 4. The molecule has 2 heterocycles. The number of hydrogen-bond donors (Lipinski definition) is 0. The van der Waals surface area contributed by atoms with E-state index in [-0.39, 0.29) is 18.2 Å². The smallest absolute Gasteiger partial charge is 0.334 e. The Morgan fingerprint density at radius 1 is 1.12 bits per heavy atom. The number of imide groups is 2. The van der Waals surface area contributed by atoms with Crippen molar-refractivity contribution in [2.24, 2.45) is 5.92 Å². The molecule has 1 aromatic rings. The molecule has 134 valence electrons. The predicted octanol–water partition coefficient (Wildman–Crippen LogP) is 2.07. The van der Waals surface area contributed by atoms with Crippen LogP contribution in [0.4, 0.5) is 4.79 Å². The summed E-state index contributed by atoms with van der Waals surface area (Å²) >= 11 is 0. The van der Waals surface area contributed by atoms with Crippen molar-refractivity contribution in [3.05, 3.63) is 23.0 Å². The van der Waals surface area contributed by atoms with Gasteiger partial charge in [-0.25, -0.2) is 9.69 Å². The van der Waals surface area contributed by atoms with Gasteiger partial charge in [-0.2, -0.15) is 0 Å². The van der Waals surface area contributed by atoms with Gasteiger partial charge in [-0.05, 0) is 38.7 Å². The zero-order valence-electron chi connectivity index (χ0n) is 15.0. The molecule has 1 aromatic heterocycles. The third kappa shape index (κ3) is 2.99. The summed E-state index contributed by atoms with van der Waals surface area (Å²) < 4.78 is 2.14. The summed E-state index contributed by atoms with van der Waals surface area (Å²) in [5.41, 5.74) is 2.37. The number of carbonyl (C=O) groups excluding carboxylic acids is 4. The largest absolute Gasteiger partial charge is 0.345 e. The lowest BCUT2D eigenvalue weighted by Gasteiger charge is -2.16. The third-order valence-electron chi connectivity index (χ3n) is 4.68. The van der Waals surface area contributed by atoms with E-state index >= 15 is 0 Å². The van der Waals surface area contributed by atoms with Crippen LogP contribution >= 0.6 is 0 Å². The fourth-order valence-corrected chi connectivity index (χ4v) is 3.40. The first-order chi connectivity index (χ1) is 11.7. The second-order valence-corrected chi connectivity index (χ2v) is 7.29. The van der Waals surface area contributed by atoms with Crippen molar-refractivity contribution >= 4 is 23.6 Å². The SMILES string of the molecule is Cc1cc(C(=O)CN2C(=O)C(=O)N(CC(C)C)C2=O)c(C)n1C1CC1. The van der Waals surface area contributed by atoms with Gasteiger partial charge in [0.1, 0.15) is 0 Å². The number of nitrogens with zero attached hydrogens (tertiary/aromatic N) is 3. The quantitative estimate of drug-likeness (QED) is 0.449. The molecule has 0 aromatic carbocycles. The van der Waals surface area contributed by atoms with Gasteiger partial charge in [-0.3, -0.25) is 19.3 Å². The van der Waals surface area contributed by atoms with E-state index in [4.69, 9.17) is 0 Å². The highest BCUT2D eigenvalue weighted by Crippen LogP contribution is 2.38. The highest BCUT2D eigenvalue weighted by atomic mass is 16.2. The van der Waals surface area contributed by atoms with Crippen molar-refractivity contribution in [3.8, 4) is 0 Å². The van der Waals surface area contributed by atoms with Gasteiger partial charge in [0.2, 0.25) is 0 Å². The van der Waals surface area contributed by atoms with Crippen LogP contribution in [0.25, 0.3) is 0 Å². The van der Waals surface area contributed by atoms with E-state index in [0.717, 1.165) is 34.0 Å². The molecule has 1 saturated carbocycles. The van der Waals surface area contributed by atoms with Crippen molar-refractivity contribution in [3.63, 3.8) is 0 Å². The van der Waals surface area contributed by atoms with Gasteiger partial charge in [0.15, 0.2) is 5.78 Å². The lowest BCUT2D eigenvalue weighted by molar-refractivity contribution is -0.143. The number of aromatic nitrogens is 1. The van der Waals surface area contributed by atoms with E-state index in [1.807, 2.05) is 27.7 Å². The molecule has 7 heteroatoms. The number of aryl methyl sites for hydroxylation is 1. The Balaban J connectivity index is 1.79. The molecule has 2 fully saturated rings. The van der Waals surface area contributed by atoms with Crippen molar-refractivity contribution in [1.29, 1.82) is 0 Å². The van der Waals surface area contributed by atoms with Gasteiger partial charge < -0.3 is 4.57 Å². The maximum Gasteiger partial charge on any atom is 0.334 e.